The van der Waals surface area contributed by atoms with Crippen LogP contribution in [-0.4, -0.2) is 0 Å². The van der Waals surface area contributed by atoms with Gasteiger partial charge in [0.15, 0.2) is 0 Å². The minimum absolute atomic E-state index is 0.902. The van der Waals surface area contributed by atoms with Crippen LogP contribution in [0.4, 0.5) is 17.1 Å². The van der Waals surface area contributed by atoms with Crippen LogP contribution in [0.1, 0.15) is 0 Å². The standard InChI is InChI=1S/C56H33NO2S/c1-2-12-42-40(11-1)41(47-17-10-19-49-44-14-4-7-21-52(44)59-56(47)49)29-30-50(42)57(38-27-28-46-45-15-5-8-22-53(45)60-54(46)33-38)37-26-25-34-31-36(24-23-35(34)32-37)39-16-9-18-48-43-13-3-6-20-51(43)58-55(39)48/h1-33H. The van der Waals surface area contributed by atoms with E-state index in [0.717, 1.165) is 88.6 Å². The molecule has 0 N–H and O–H groups in total. The SMILES string of the molecule is c1ccc2c(c1)oc1c(-c3ccc4cc(N(c5ccc6c(c5)sc5ccccc56)c5ccc(-c6cccc7c6oc6ccccc67)c6ccccc56)ccc4c3)cccc12. The predicted molar refractivity (Wildman–Crippen MR) is 254 cm³/mol. The molecule has 0 radical (unpaired) electrons. The zero-order valence-electron chi connectivity index (χ0n) is 32.2. The van der Waals surface area contributed by atoms with E-state index in [1.165, 1.54) is 36.3 Å². The first-order valence-corrected chi connectivity index (χ1v) is 21.1. The van der Waals surface area contributed by atoms with E-state index in [1.807, 2.05) is 29.5 Å². The highest BCUT2D eigenvalue weighted by molar-refractivity contribution is 7.25. The summed E-state index contributed by atoms with van der Waals surface area (Å²) in [5.74, 6) is 0. The monoisotopic (exact) mass is 783 g/mol. The third kappa shape index (κ3) is 5.01. The van der Waals surface area contributed by atoms with Gasteiger partial charge in [0.2, 0.25) is 0 Å². The molecular weight excluding hydrogens is 751 g/mol. The molecule has 4 heteroatoms. The highest BCUT2D eigenvalue weighted by Crippen LogP contribution is 2.47. The average Bonchev–Trinajstić information content (AvgIpc) is 4.00. The van der Waals surface area contributed by atoms with Gasteiger partial charge in [0.25, 0.3) is 0 Å². The zero-order chi connectivity index (χ0) is 39.3. The molecule has 10 aromatic carbocycles. The van der Waals surface area contributed by atoms with Crippen LogP contribution >= 0.6 is 11.3 Å². The maximum absolute atomic E-state index is 6.57. The second-order valence-corrected chi connectivity index (χ2v) is 16.7. The van der Waals surface area contributed by atoms with E-state index in [2.05, 4.69) is 187 Å². The summed E-state index contributed by atoms with van der Waals surface area (Å²) in [5, 5.41) is 11.8. The molecule has 13 rings (SSSR count). The van der Waals surface area contributed by atoms with Crippen LogP contribution in [0.2, 0.25) is 0 Å². The highest BCUT2D eigenvalue weighted by Gasteiger charge is 2.21. The van der Waals surface area contributed by atoms with Crippen LogP contribution in [0.25, 0.3) is 108 Å². The number of furan rings is 2. The van der Waals surface area contributed by atoms with E-state index in [-0.39, 0.29) is 0 Å². The Morgan fingerprint density at radius 2 is 0.900 bits per heavy atom. The van der Waals surface area contributed by atoms with Gasteiger partial charge in [-0.15, -0.1) is 11.3 Å². The van der Waals surface area contributed by atoms with Gasteiger partial charge in [-0.1, -0.05) is 146 Å². The largest absolute Gasteiger partial charge is 0.455 e. The van der Waals surface area contributed by atoms with Crippen molar-refractivity contribution in [2.45, 2.75) is 0 Å². The number of fused-ring (bicyclic) bond motifs is 11. The quantitative estimate of drug-likeness (QED) is 0.174. The van der Waals surface area contributed by atoms with E-state index in [1.54, 1.807) is 0 Å². The van der Waals surface area contributed by atoms with Gasteiger partial charge in [-0.25, -0.2) is 0 Å². The van der Waals surface area contributed by atoms with Crippen molar-refractivity contribution in [3.05, 3.63) is 200 Å². The second kappa shape index (κ2) is 12.9. The first-order valence-electron chi connectivity index (χ1n) is 20.3. The molecular formula is C56H33NO2S. The smallest absolute Gasteiger partial charge is 0.143 e. The van der Waals surface area contributed by atoms with Gasteiger partial charge in [-0.3, -0.25) is 0 Å². The lowest BCUT2D eigenvalue weighted by Gasteiger charge is -2.28. The Bertz CT molecular complexity index is 3870. The van der Waals surface area contributed by atoms with Crippen LogP contribution in [-0.2, 0) is 0 Å². The second-order valence-electron chi connectivity index (χ2n) is 15.6. The van der Waals surface area contributed by atoms with Crippen molar-refractivity contribution in [2.24, 2.45) is 0 Å². The minimum Gasteiger partial charge on any atom is -0.455 e. The topological polar surface area (TPSA) is 29.5 Å². The van der Waals surface area contributed by atoms with E-state index in [0.29, 0.717) is 0 Å². The van der Waals surface area contributed by atoms with Gasteiger partial charge in [-0.05, 0) is 81.9 Å². The lowest BCUT2D eigenvalue weighted by atomic mass is 9.95. The van der Waals surface area contributed by atoms with E-state index in [9.17, 15) is 0 Å². The molecule has 0 saturated heterocycles. The molecule has 0 atom stereocenters. The lowest BCUT2D eigenvalue weighted by molar-refractivity contribution is 0.669. The molecule has 13 aromatic rings. The molecule has 60 heavy (non-hydrogen) atoms. The lowest BCUT2D eigenvalue weighted by Crippen LogP contribution is -2.10. The van der Waals surface area contributed by atoms with Gasteiger partial charge in [0, 0.05) is 69.6 Å². The summed E-state index contributed by atoms with van der Waals surface area (Å²) in [7, 11) is 0. The summed E-state index contributed by atoms with van der Waals surface area (Å²) in [6.45, 7) is 0. The van der Waals surface area contributed by atoms with Crippen molar-refractivity contribution in [1.29, 1.82) is 0 Å². The van der Waals surface area contributed by atoms with Gasteiger partial charge < -0.3 is 13.7 Å². The van der Waals surface area contributed by atoms with Crippen molar-refractivity contribution in [3.8, 4) is 22.3 Å². The third-order valence-corrected chi connectivity index (χ3v) is 13.4. The Morgan fingerprint density at radius 1 is 0.333 bits per heavy atom. The molecule has 280 valence electrons. The van der Waals surface area contributed by atoms with Crippen molar-refractivity contribution in [3.63, 3.8) is 0 Å². The molecule has 3 nitrogen and oxygen atoms in total. The Morgan fingerprint density at radius 3 is 1.68 bits per heavy atom. The molecule has 0 aliphatic carbocycles. The van der Waals surface area contributed by atoms with E-state index < -0.39 is 0 Å². The summed E-state index contributed by atoms with van der Waals surface area (Å²) in [5.41, 5.74) is 11.4. The van der Waals surface area contributed by atoms with Crippen molar-refractivity contribution >= 4 is 114 Å². The number of rotatable bonds is 5. The molecule has 0 unspecified atom stereocenters. The summed E-state index contributed by atoms with van der Waals surface area (Å²) >= 11 is 1.85. The van der Waals surface area contributed by atoms with Gasteiger partial charge in [-0.2, -0.15) is 0 Å². The number of hydrogen-bond acceptors (Lipinski definition) is 4. The fourth-order valence-electron chi connectivity index (χ4n) is 9.47. The van der Waals surface area contributed by atoms with Crippen LogP contribution in [0.3, 0.4) is 0 Å². The number of nitrogens with zero attached hydrogens (tertiary/aromatic N) is 1. The van der Waals surface area contributed by atoms with Crippen LogP contribution in [0, 0.1) is 0 Å². The van der Waals surface area contributed by atoms with Crippen LogP contribution in [0.15, 0.2) is 209 Å². The molecule has 0 aliphatic rings. The third-order valence-electron chi connectivity index (χ3n) is 12.3. The summed E-state index contributed by atoms with van der Waals surface area (Å²) in [6, 6.07) is 72.1. The molecule has 3 heterocycles. The average molecular weight is 784 g/mol. The summed E-state index contributed by atoms with van der Waals surface area (Å²) < 4.78 is 15.6. The first-order chi connectivity index (χ1) is 29.7. The van der Waals surface area contributed by atoms with Crippen molar-refractivity contribution in [2.75, 3.05) is 4.90 Å². The van der Waals surface area contributed by atoms with E-state index in [4.69, 9.17) is 8.83 Å². The van der Waals surface area contributed by atoms with Crippen molar-refractivity contribution in [1.82, 2.24) is 0 Å². The molecule has 3 aromatic heterocycles. The fraction of sp³-hybridized carbons (Fsp3) is 0. The summed E-state index contributed by atoms with van der Waals surface area (Å²) in [4.78, 5) is 2.43. The Balaban J connectivity index is 0.996. The number of benzene rings is 10. The predicted octanol–water partition coefficient (Wildman–Crippen LogP) is 17.0. The molecule has 0 saturated carbocycles. The van der Waals surface area contributed by atoms with Gasteiger partial charge >= 0.3 is 0 Å². The molecule has 0 spiro atoms. The Hall–Kier alpha value is -7.66. The number of hydrogen-bond donors (Lipinski definition) is 0. The maximum atomic E-state index is 6.57. The number of para-hydroxylation sites is 4. The van der Waals surface area contributed by atoms with Crippen LogP contribution < -0.4 is 4.90 Å². The minimum atomic E-state index is 0.902. The Labute approximate surface area is 348 Å². The first kappa shape index (κ1) is 33.3. The molecule has 0 amide bonds. The Kier molecular flexibility index (Phi) is 7.18. The van der Waals surface area contributed by atoms with E-state index >= 15 is 0 Å². The summed E-state index contributed by atoms with van der Waals surface area (Å²) in [6.07, 6.45) is 0. The van der Waals surface area contributed by atoms with Gasteiger partial charge in [0.05, 0.1) is 5.69 Å². The normalized spacial score (nSPS) is 12.0. The highest BCUT2D eigenvalue weighted by atomic mass is 32.1. The molecule has 0 bridgehead atoms. The zero-order valence-corrected chi connectivity index (χ0v) is 33.0. The fourth-order valence-corrected chi connectivity index (χ4v) is 10.6. The number of anilines is 3. The van der Waals surface area contributed by atoms with Gasteiger partial charge in [0.1, 0.15) is 22.3 Å². The van der Waals surface area contributed by atoms with Crippen LogP contribution in [0.5, 0.6) is 0 Å². The number of thiophene rings is 1. The molecule has 0 aliphatic heterocycles. The van der Waals surface area contributed by atoms with Crippen molar-refractivity contribution < 1.29 is 8.83 Å². The molecule has 0 fully saturated rings. The maximum Gasteiger partial charge on any atom is 0.143 e.